The minimum Gasteiger partial charge on any atom is -0.367 e. The Labute approximate surface area is 121 Å². The lowest BCUT2D eigenvalue weighted by molar-refractivity contribution is 0.518. The van der Waals surface area contributed by atoms with Gasteiger partial charge in [0.05, 0.1) is 5.69 Å². The predicted molar refractivity (Wildman–Crippen MR) is 80.6 cm³/mol. The fraction of sp³-hybridized carbons (Fsp3) is 0.688. The minimum absolute atomic E-state index is 0.666. The van der Waals surface area contributed by atoms with E-state index in [1.54, 1.807) is 0 Å². The van der Waals surface area contributed by atoms with Crippen molar-refractivity contribution in [2.45, 2.75) is 58.8 Å². The highest BCUT2D eigenvalue weighted by Crippen LogP contribution is 2.27. The van der Waals surface area contributed by atoms with Gasteiger partial charge in [-0.2, -0.15) is 10.4 Å². The first-order valence-electron chi connectivity index (χ1n) is 7.82. The molecule has 1 N–H and O–H groups in total. The molecule has 0 amide bonds. The summed E-state index contributed by atoms with van der Waals surface area (Å²) >= 11 is 0. The van der Waals surface area contributed by atoms with Gasteiger partial charge in [-0.25, -0.2) is 0 Å². The number of hydrogen-bond donors (Lipinski definition) is 1. The van der Waals surface area contributed by atoms with Gasteiger partial charge >= 0.3 is 0 Å². The molecular formula is C16H24N4. The van der Waals surface area contributed by atoms with E-state index in [0.717, 1.165) is 36.6 Å². The molecule has 4 heteroatoms. The van der Waals surface area contributed by atoms with Crippen molar-refractivity contribution in [1.82, 2.24) is 10.2 Å². The maximum atomic E-state index is 9.40. The molecule has 0 spiro atoms. The Hall–Kier alpha value is -1.63. The maximum absolute atomic E-state index is 9.40. The molecule has 0 aromatic carbocycles. The number of aromatic nitrogens is 2. The number of nitrogens with one attached hydrogen (secondary N) is 1. The number of hydrogen-bond acceptors (Lipinski definition) is 4. The van der Waals surface area contributed by atoms with Crippen LogP contribution in [0.25, 0.3) is 0 Å². The molecule has 1 aliphatic rings. The van der Waals surface area contributed by atoms with Gasteiger partial charge < -0.3 is 5.32 Å². The highest BCUT2D eigenvalue weighted by Gasteiger charge is 2.16. The van der Waals surface area contributed by atoms with E-state index in [0.29, 0.717) is 11.4 Å². The van der Waals surface area contributed by atoms with Crippen molar-refractivity contribution in [2.24, 2.45) is 5.92 Å². The van der Waals surface area contributed by atoms with E-state index < -0.39 is 0 Å². The molecule has 1 aromatic rings. The molecule has 108 valence electrons. The Kier molecular flexibility index (Phi) is 5.34. The SMILES string of the molecule is CCc1nnc(NCCC2CCCC2)c(C#N)c1CC. The normalized spacial score (nSPS) is 15.2. The van der Waals surface area contributed by atoms with Crippen molar-refractivity contribution < 1.29 is 0 Å². The van der Waals surface area contributed by atoms with Crippen LogP contribution in [0.5, 0.6) is 0 Å². The summed E-state index contributed by atoms with van der Waals surface area (Å²) in [5, 5.41) is 21.2. The van der Waals surface area contributed by atoms with E-state index in [9.17, 15) is 5.26 Å². The van der Waals surface area contributed by atoms with Crippen LogP contribution >= 0.6 is 0 Å². The van der Waals surface area contributed by atoms with Crippen molar-refractivity contribution >= 4 is 5.82 Å². The van der Waals surface area contributed by atoms with Crippen molar-refractivity contribution in [1.29, 1.82) is 5.26 Å². The minimum atomic E-state index is 0.666. The van der Waals surface area contributed by atoms with Crippen LogP contribution < -0.4 is 5.32 Å². The van der Waals surface area contributed by atoms with Crippen LogP contribution in [0.1, 0.15) is 62.8 Å². The molecule has 1 aromatic heterocycles. The monoisotopic (exact) mass is 272 g/mol. The second-order valence-corrected chi connectivity index (χ2v) is 5.53. The molecular weight excluding hydrogens is 248 g/mol. The van der Waals surface area contributed by atoms with Crippen LogP contribution in [-0.2, 0) is 12.8 Å². The lowest BCUT2D eigenvalue weighted by Crippen LogP contribution is -2.12. The summed E-state index contributed by atoms with van der Waals surface area (Å²) in [5.41, 5.74) is 2.68. The maximum Gasteiger partial charge on any atom is 0.166 e. The van der Waals surface area contributed by atoms with Crippen LogP contribution in [0, 0.1) is 17.2 Å². The third-order valence-electron chi connectivity index (χ3n) is 4.28. The average molecular weight is 272 g/mol. The van der Waals surface area contributed by atoms with Crippen LogP contribution in [0.4, 0.5) is 5.82 Å². The van der Waals surface area contributed by atoms with Gasteiger partial charge in [0, 0.05) is 6.54 Å². The summed E-state index contributed by atoms with van der Waals surface area (Å²) in [6.07, 6.45) is 8.29. The molecule has 1 aliphatic carbocycles. The fourth-order valence-corrected chi connectivity index (χ4v) is 3.11. The van der Waals surface area contributed by atoms with E-state index in [1.165, 1.54) is 32.1 Å². The third kappa shape index (κ3) is 3.27. The summed E-state index contributed by atoms with van der Waals surface area (Å²) in [5.74, 6) is 1.51. The lowest BCUT2D eigenvalue weighted by Gasteiger charge is -2.13. The molecule has 2 rings (SSSR count). The summed E-state index contributed by atoms with van der Waals surface area (Å²) in [7, 11) is 0. The van der Waals surface area contributed by atoms with Crippen molar-refractivity contribution in [3.63, 3.8) is 0 Å². The Balaban J connectivity index is 2.05. The Morgan fingerprint density at radius 3 is 2.55 bits per heavy atom. The lowest BCUT2D eigenvalue weighted by atomic mass is 10.0. The predicted octanol–water partition coefficient (Wildman–Crippen LogP) is 3.47. The van der Waals surface area contributed by atoms with E-state index in [1.807, 2.05) is 0 Å². The molecule has 0 aliphatic heterocycles. The van der Waals surface area contributed by atoms with Crippen LogP contribution in [0.2, 0.25) is 0 Å². The topological polar surface area (TPSA) is 61.6 Å². The van der Waals surface area contributed by atoms with Gasteiger partial charge in [0.15, 0.2) is 5.82 Å². The smallest absolute Gasteiger partial charge is 0.166 e. The number of aryl methyl sites for hydroxylation is 1. The standard InChI is InChI=1S/C16H24N4/c1-3-13-14(11-17)16(20-19-15(13)4-2)18-10-9-12-7-5-6-8-12/h12H,3-10H2,1-2H3,(H,18,20). The van der Waals surface area contributed by atoms with Gasteiger partial charge in [0.2, 0.25) is 0 Å². The molecule has 1 heterocycles. The third-order valence-corrected chi connectivity index (χ3v) is 4.28. The highest BCUT2D eigenvalue weighted by atomic mass is 15.2. The zero-order chi connectivity index (χ0) is 14.4. The van der Waals surface area contributed by atoms with E-state index in [2.05, 4.69) is 35.4 Å². The van der Waals surface area contributed by atoms with Gasteiger partial charge in [0.25, 0.3) is 0 Å². The second kappa shape index (κ2) is 7.23. The summed E-state index contributed by atoms with van der Waals surface area (Å²) in [6, 6.07) is 2.30. The van der Waals surface area contributed by atoms with Gasteiger partial charge in [0.1, 0.15) is 11.6 Å². The van der Waals surface area contributed by atoms with E-state index in [-0.39, 0.29) is 0 Å². The zero-order valence-corrected chi connectivity index (χ0v) is 12.6. The molecule has 0 atom stereocenters. The van der Waals surface area contributed by atoms with Crippen LogP contribution in [-0.4, -0.2) is 16.7 Å². The molecule has 4 nitrogen and oxygen atoms in total. The van der Waals surface area contributed by atoms with Crippen molar-refractivity contribution in [2.75, 3.05) is 11.9 Å². The molecule has 0 radical (unpaired) electrons. The molecule has 20 heavy (non-hydrogen) atoms. The Morgan fingerprint density at radius 2 is 1.95 bits per heavy atom. The van der Waals surface area contributed by atoms with Gasteiger partial charge in [-0.3, -0.25) is 0 Å². The number of nitriles is 1. The molecule has 0 saturated heterocycles. The molecule has 1 fully saturated rings. The summed E-state index contributed by atoms with van der Waals surface area (Å²) < 4.78 is 0. The molecule has 0 bridgehead atoms. The first-order chi connectivity index (χ1) is 9.80. The van der Waals surface area contributed by atoms with Crippen LogP contribution in [0.15, 0.2) is 0 Å². The average Bonchev–Trinajstić information content (AvgIpc) is 2.99. The van der Waals surface area contributed by atoms with E-state index in [4.69, 9.17) is 0 Å². The van der Waals surface area contributed by atoms with Crippen molar-refractivity contribution in [3.8, 4) is 6.07 Å². The highest BCUT2D eigenvalue weighted by molar-refractivity contribution is 5.56. The zero-order valence-electron chi connectivity index (χ0n) is 12.6. The van der Waals surface area contributed by atoms with Gasteiger partial charge in [-0.05, 0) is 30.7 Å². The Morgan fingerprint density at radius 1 is 1.20 bits per heavy atom. The molecule has 1 saturated carbocycles. The fourth-order valence-electron chi connectivity index (χ4n) is 3.11. The van der Waals surface area contributed by atoms with Crippen LogP contribution in [0.3, 0.4) is 0 Å². The van der Waals surface area contributed by atoms with Crippen molar-refractivity contribution in [3.05, 3.63) is 16.8 Å². The first-order valence-corrected chi connectivity index (χ1v) is 7.82. The number of nitrogens with zero attached hydrogens (tertiary/aromatic N) is 3. The number of anilines is 1. The first kappa shape index (κ1) is 14.8. The molecule has 0 unspecified atom stereocenters. The summed E-state index contributed by atoms with van der Waals surface area (Å²) in [6.45, 7) is 5.01. The second-order valence-electron chi connectivity index (χ2n) is 5.53. The van der Waals surface area contributed by atoms with Gasteiger partial charge in [-0.15, -0.1) is 5.10 Å². The summed E-state index contributed by atoms with van der Waals surface area (Å²) in [4.78, 5) is 0. The van der Waals surface area contributed by atoms with Gasteiger partial charge in [-0.1, -0.05) is 39.5 Å². The quantitative estimate of drug-likeness (QED) is 0.861. The number of rotatable bonds is 6. The largest absolute Gasteiger partial charge is 0.367 e. The Bertz CT molecular complexity index is 484. The van der Waals surface area contributed by atoms with E-state index >= 15 is 0 Å².